The highest BCUT2D eigenvalue weighted by Crippen LogP contribution is 2.26. The van der Waals surface area contributed by atoms with Gasteiger partial charge >= 0.3 is 0 Å². The Balaban J connectivity index is 2.53. The molecule has 0 fully saturated rings. The predicted octanol–water partition coefficient (Wildman–Crippen LogP) is 3.10. The Kier molecular flexibility index (Phi) is 2.87. The molecule has 0 saturated heterocycles. The van der Waals surface area contributed by atoms with Crippen LogP contribution in [0.15, 0.2) is 22.8 Å². The molecule has 16 heavy (non-hydrogen) atoms. The van der Waals surface area contributed by atoms with E-state index in [4.69, 9.17) is 0 Å². The van der Waals surface area contributed by atoms with Gasteiger partial charge in [-0.05, 0) is 46.6 Å². The quantitative estimate of drug-likeness (QED) is 0.861. The first-order valence-corrected chi connectivity index (χ1v) is 5.38. The first kappa shape index (κ1) is 11.0. The molecule has 0 aliphatic carbocycles. The average Bonchev–Trinajstić information content (AvgIpc) is 2.64. The lowest BCUT2D eigenvalue weighted by Crippen LogP contribution is -1.86. The van der Waals surface area contributed by atoms with Gasteiger partial charge < -0.3 is 4.98 Å². The fraction of sp³-hybridized carbons (Fsp3) is 0.0909. The van der Waals surface area contributed by atoms with Crippen molar-refractivity contribution in [3.05, 3.63) is 40.0 Å². The molecule has 1 heterocycles. The van der Waals surface area contributed by atoms with Crippen LogP contribution in [0.25, 0.3) is 11.3 Å². The van der Waals surface area contributed by atoms with Crippen LogP contribution in [0.4, 0.5) is 4.39 Å². The number of aryl methyl sites for hydroxylation is 1. The van der Waals surface area contributed by atoms with Crippen LogP contribution in [-0.4, -0.2) is 16.3 Å². The molecule has 0 atom stereocenters. The molecule has 0 aliphatic heterocycles. The molecule has 3 nitrogen and oxygen atoms in total. The molecule has 0 spiro atoms. The molecule has 0 unspecified atom stereocenters. The molecule has 1 N–H and O–H groups in total. The summed E-state index contributed by atoms with van der Waals surface area (Å²) < 4.78 is 13.7. The van der Waals surface area contributed by atoms with Crippen LogP contribution < -0.4 is 0 Å². The minimum Gasteiger partial charge on any atom is -0.330 e. The molecule has 1 aromatic carbocycles. The van der Waals surface area contributed by atoms with E-state index in [9.17, 15) is 9.18 Å². The number of aromatic amines is 1. The monoisotopic (exact) mass is 282 g/mol. The summed E-state index contributed by atoms with van der Waals surface area (Å²) in [5.41, 5.74) is 1.90. The van der Waals surface area contributed by atoms with Crippen LogP contribution in [0.1, 0.15) is 16.2 Å². The molecule has 0 radical (unpaired) electrons. The van der Waals surface area contributed by atoms with Gasteiger partial charge in [0.05, 0.1) is 0 Å². The van der Waals surface area contributed by atoms with Crippen molar-refractivity contribution < 1.29 is 9.18 Å². The second-order valence-electron chi connectivity index (χ2n) is 3.37. The molecule has 0 saturated carbocycles. The van der Waals surface area contributed by atoms with Crippen LogP contribution in [0, 0.1) is 12.7 Å². The van der Waals surface area contributed by atoms with Gasteiger partial charge in [0.15, 0.2) is 12.1 Å². The summed E-state index contributed by atoms with van der Waals surface area (Å²) in [5, 5.41) is 0. The zero-order valence-corrected chi connectivity index (χ0v) is 10.0. The molecule has 2 rings (SSSR count). The highest BCUT2D eigenvalue weighted by atomic mass is 79.9. The van der Waals surface area contributed by atoms with E-state index in [1.165, 1.54) is 6.07 Å². The standard InChI is InChI=1S/C11H8BrFN2O/c1-6-4-7(2-3-8(6)13)10-11(12)15-9(5-16)14-10/h2-5H,1H3,(H,14,15). The topological polar surface area (TPSA) is 45.8 Å². The van der Waals surface area contributed by atoms with Crippen molar-refractivity contribution in [3.63, 3.8) is 0 Å². The lowest BCUT2D eigenvalue weighted by molar-refractivity contribution is 0.111. The van der Waals surface area contributed by atoms with Crippen LogP contribution in [0.5, 0.6) is 0 Å². The fourth-order valence-corrected chi connectivity index (χ4v) is 1.93. The van der Waals surface area contributed by atoms with Gasteiger partial charge in [-0.1, -0.05) is 0 Å². The van der Waals surface area contributed by atoms with Gasteiger partial charge in [-0.3, -0.25) is 4.79 Å². The van der Waals surface area contributed by atoms with Crippen molar-refractivity contribution >= 4 is 22.2 Å². The van der Waals surface area contributed by atoms with Crippen molar-refractivity contribution in [2.75, 3.05) is 0 Å². The number of nitrogens with one attached hydrogen (secondary N) is 1. The van der Waals surface area contributed by atoms with Gasteiger partial charge in [0.2, 0.25) is 0 Å². The number of aldehydes is 1. The van der Waals surface area contributed by atoms with E-state index in [0.29, 0.717) is 22.1 Å². The van der Waals surface area contributed by atoms with E-state index in [1.54, 1.807) is 19.1 Å². The van der Waals surface area contributed by atoms with Gasteiger partial charge in [-0.15, -0.1) is 0 Å². The van der Waals surface area contributed by atoms with Crippen molar-refractivity contribution in [1.29, 1.82) is 0 Å². The lowest BCUT2D eigenvalue weighted by atomic mass is 10.1. The van der Waals surface area contributed by atoms with Crippen molar-refractivity contribution in [2.24, 2.45) is 0 Å². The highest BCUT2D eigenvalue weighted by Gasteiger charge is 2.10. The van der Waals surface area contributed by atoms with Gasteiger partial charge in [0.1, 0.15) is 16.1 Å². The van der Waals surface area contributed by atoms with Gasteiger partial charge in [0, 0.05) is 5.56 Å². The minimum atomic E-state index is -0.258. The summed E-state index contributed by atoms with van der Waals surface area (Å²) in [6.07, 6.45) is 0.630. The summed E-state index contributed by atoms with van der Waals surface area (Å²) >= 11 is 3.27. The van der Waals surface area contributed by atoms with E-state index in [0.717, 1.165) is 5.56 Å². The van der Waals surface area contributed by atoms with Crippen molar-refractivity contribution in [3.8, 4) is 11.3 Å². The number of carbonyl (C=O) groups excluding carboxylic acids is 1. The molecule has 0 bridgehead atoms. The van der Waals surface area contributed by atoms with Gasteiger partial charge in [-0.25, -0.2) is 9.37 Å². The number of hydrogen-bond donors (Lipinski definition) is 1. The molecule has 0 aliphatic rings. The Hall–Kier alpha value is -1.49. The van der Waals surface area contributed by atoms with Crippen LogP contribution in [0.3, 0.4) is 0 Å². The Labute approximate surface area is 99.8 Å². The highest BCUT2D eigenvalue weighted by molar-refractivity contribution is 9.10. The summed E-state index contributed by atoms with van der Waals surface area (Å²) in [6.45, 7) is 1.68. The van der Waals surface area contributed by atoms with Crippen molar-refractivity contribution in [2.45, 2.75) is 6.92 Å². The largest absolute Gasteiger partial charge is 0.330 e. The molecule has 5 heteroatoms. The minimum absolute atomic E-state index is 0.240. The van der Waals surface area contributed by atoms with Crippen LogP contribution >= 0.6 is 15.9 Å². The number of rotatable bonds is 2. The molecule has 2 aromatic rings. The maximum Gasteiger partial charge on any atom is 0.185 e. The van der Waals surface area contributed by atoms with E-state index < -0.39 is 0 Å². The van der Waals surface area contributed by atoms with Crippen LogP contribution in [-0.2, 0) is 0 Å². The molecular weight excluding hydrogens is 275 g/mol. The summed E-state index contributed by atoms with van der Waals surface area (Å²) in [6, 6.07) is 4.69. The second kappa shape index (κ2) is 4.17. The van der Waals surface area contributed by atoms with Gasteiger partial charge in [0.25, 0.3) is 0 Å². The number of carbonyl (C=O) groups is 1. The second-order valence-corrected chi connectivity index (χ2v) is 4.16. The van der Waals surface area contributed by atoms with E-state index in [2.05, 4.69) is 25.9 Å². The summed E-state index contributed by atoms with van der Waals surface area (Å²) in [5.74, 6) is -0.0186. The summed E-state index contributed by atoms with van der Waals surface area (Å²) in [4.78, 5) is 17.4. The SMILES string of the molecule is Cc1cc(-c2nc(C=O)[nH]c2Br)ccc1F. The Morgan fingerprint density at radius 2 is 2.25 bits per heavy atom. The zero-order valence-electron chi connectivity index (χ0n) is 8.42. The average molecular weight is 283 g/mol. The van der Waals surface area contributed by atoms with E-state index in [1.807, 2.05) is 0 Å². The Morgan fingerprint density at radius 1 is 1.50 bits per heavy atom. The van der Waals surface area contributed by atoms with Crippen molar-refractivity contribution in [1.82, 2.24) is 9.97 Å². The third-order valence-electron chi connectivity index (χ3n) is 2.22. The number of H-pyrrole nitrogens is 1. The number of benzene rings is 1. The number of nitrogens with zero attached hydrogens (tertiary/aromatic N) is 1. The molecule has 0 amide bonds. The number of aromatic nitrogens is 2. The van der Waals surface area contributed by atoms with E-state index in [-0.39, 0.29) is 11.6 Å². The first-order chi connectivity index (χ1) is 7.61. The zero-order chi connectivity index (χ0) is 11.7. The number of hydrogen-bond acceptors (Lipinski definition) is 2. The van der Waals surface area contributed by atoms with E-state index >= 15 is 0 Å². The summed E-state index contributed by atoms with van der Waals surface area (Å²) in [7, 11) is 0. The first-order valence-electron chi connectivity index (χ1n) is 4.59. The Morgan fingerprint density at radius 3 is 2.81 bits per heavy atom. The molecule has 1 aromatic heterocycles. The number of imidazole rings is 1. The third kappa shape index (κ3) is 1.90. The molecular formula is C11H8BrFN2O. The molecule has 82 valence electrons. The Bertz CT molecular complexity index is 551. The number of halogens is 2. The van der Waals surface area contributed by atoms with Crippen LogP contribution in [0.2, 0.25) is 0 Å². The lowest BCUT2D eigenvalue weighted by Gasteiger charge is -2.00. The maximum absolute atomic E-state index is 13.1. The maximum atomic E-state index is 13.1. The predicted molar refractivity (Wildman–Crippen MR) is 61.8 cm³/mol. The normalized spacial score (nSPS) is 10.4. The van der Waals surface area contributed by atoms with Gasteiger partial charge in [-0.2, -0.15) is 0 Å². The smallest absolute Gasteiger partial charge is 0.185 e. The fourth-order valence-electron chi connectivity index (χ4n) is 1.41. The third-order valence-corrected chi connectivity index (χ3v) is 2.79.